The van der Waals surface area contributed by atoms with Crippen molar-refractivity contribution in [2.45, 2.75) is 26.8 Å². The highest BCUT2D eigenvalue weighted by Crippen LogP contribution is 2.22. The maximum Gasteiger partial charge on any atom is 0.289 e. The van der Waals surface area contributed by atoms with Gasteiger partial charge in [-0.25, -0.2) is 0 Å². The summed E-state index contributed by atoms with van der Waals surface area (Å²) >= 11 is 1.03. The predicted octanol–water partition coefficient (Wildman–Crippen LogP) is 3.68. The zero-order chi connectivity index (χ0) is 18.7. The molecule has 2 aromatic carbocycles. The van der Waals surface area contributed by atoms with E-state index in [1.165, 1.54) is 4.90 Å². The molecule has 0 bridgehead atoms. The van der Waals surface area contributed by atoms with Gasteiger partial charge in [-0.2, -0.15) is 0 Å². The first kappa shape index (κ1) is 18.2. The van der Waals surface area contributed by atoms with E-state index in [1.54, 1.807) is 12.1 Å². The number of aryl methyl sites for hydroxylation is 2. The quantitative estimate of drug-likeness (QED) is 0.874. The van der Waals surface area contributed by atoms with E-state index in [4.69, 9.17) is 0 Å². The van der Waals surface area contributed by atoms with E-state index in [0.717, 1.165) is 34.0 Å². The molecule has 26 heavy (non-hydrogen) atoms. The molecule has 0 atom stereocenters. The van der Waals surface area contributed by atoms with Gasteiger partial charge in [-0.15, -0.1) is 0 Å². The van der Waals surface area contributed by atoms with Crippen LogP contribution in [0, 0.1) is 13.8 Å². The van der Waals surface area contributed by atoms with Gasteiger partial charge < -0.3 is 5.32 Å². The van der Waals surface area contributed by atoms with Crippen molar-refractivity contribution < 1.29 is 14.4 Å². The van der Waals surface area contributed by atoms with Crippen LogP contribution in [0.1, 0.15) is 22.3 Å². The smallest absolute Gasteiger partial charge is 0.289 e. The van der Waals surface area contributed by atoms with Crippen molar-refractivity contribution in [3.8, 4) is 0 Å². The zero-order valence-electron chi connectivity index (χ0n) is 14.7. The Balaban J connectivity index is 1.60. The highest BCUT2D eigenvalue weighted by molar-refractivity contribution is 8.14. The van der Waals surface area contributed by atoms with Crippen LogP contribution < -0.4 is 5.32 Å². The lowest BCUT2D eigenvalue weighted by Crippen LogP contribution is -2.27. The van der Waals surface area contributed by atoms with Crippen LogP contribution in [0.5, 0.6) is 0 Å². The summed E-state index contributed by atoms with van der Waals surface area (Å²) in [5, 5.41) is 2.68. The van der Waals surface area contributed by atoms with E-state index in [-0.39, 0.29) is 29.4 Å². The van der Waals surface area contributed by atoms with E-state index in [2.05, 4.69) is 5.32 Å². The van der Waals surface area contributed by atoms with E-state index >= 15 is 0 Å². The average Bonchev–Trinajstić information content (AvgIpc) is 2.92. The number of carbonyl (C=O) groups is 3. The van der Waals surface area contributed by atoms with Crippen LogP contribution in [-0.4, -0.2) is 27.7 Å². The van der Waals surface area contributed by atoms with Crippen LogP contribution in [0.3, 0.4) is 0 Å². The minimum atomic E-state index is -0.207. The number of nitrogens with one attached hydrogen (secondary N) is 1. The summed E-state index contributed by atoms with van der Waals surface area (Å²) < 4.78 is 0. The first-order chi connectivity index (χ1) is 12.4. The van der Waals surface area contributed by atoms with Gasteiger partial charge in [-0.05, 0) is 42.7 Å². The number of benzene rings is 2. The Labute approximate surface area is 156 Å². The predicted molar refractivity (Wildman–Crippen MR) is 103 cm³/mol. The van der Waals surface area contributed by atoms with Crippen molar-refractivity contribution in [3.63, 3.8) is 0 Å². The molecule has 1 aliphatic rings. The summed E-state index contributed by atoms with van der Waals surface area (Å²) in [6.45, 7) is 4.27. The molecule has 1 aliphatic heterocycles. The first-order valence-electron chi connectivity index (χ1n) is 8.34. The van der Waals surface area contributed by atoms with Gasteiger partial charge in [-0.1, -0.05) is 47.7 Å². The van der Waals surface area contributed by atoms with Crippen molar-refractivity contribution in [2.24, 2.45) is 0 Å². The fraction of sp³-hybridized carbons (Fsp3) is 0.250. The van der Waals surface area contributed by atoms with E-state index in [9.17, 15) is 14.4 Å². The lowest BCUT2D eigenvalue weighted by molar-refractivity contribution is -0.125. The second-order valence-corrected chi connectivity index (χ2v) is 7.31. The van der Waals surface area contributed by atoms with Gasteiger partial charge in [0.2, 0.25) is 11.8 Å². The van der Waals surface area contributed by atoms with Crippen molar-refractivity contribution >= 4 is 34.5 Å². The van der Waals surface area contributed by atoms with Crippen LogP contribution in [-0.2, 0) is 22.6 Å². The molecule has 0 spiro atoms. The number of hydrogen-bond donors (Lipinski definition) is 1. The Kier molecular flexibility index (Phi) is 5.42. The summed E-state index contributed by atoms with van der Waals surface area (Å²) in [6, 6.07) is 13.3. The van der Waals surface area contributed by atoms with Gasteiger partial charge in [0.15, 0.2) is 0 Å². The van der Waals surface area contributed by atoms with Crippen LogP contribution >= 0.6 is 11.8 Å². The Bertz CT molecular complexity index is 846. The van der Waals surface area contributed by atoms with Gasteiger partial charge in [0.1, 0.15) is 0 Å². The lowest BCUT2D eigenvalue weighted by Gasteiger charge is -2.13. The Morgan fingerprint density at radius 1 is 1.12 bits per heavy atom. The number of carbonyl (C=O) groups excluding carboxylic acids is 3. The zero-order valence-corrected chi connectivity index (χ0v) is 15.6. The van der Waals surface area contributed by atoms with Crippen LogP contribution in [0.25, 0.3) is 0 Å². The molecule has 1 heterocycles. The Hall–Kier alpha value is -2.60. The van der Waals surface area contributed by atoms with Gasteiger partial charge >= 0.3 is 0 Å². The van der Waals surface area contributed by atoms with E-state index in [0.29, 0.717) is 12.1 Å². The lowest BCUT2D eigenvalue weighted by atomic mass is 10.0. The normalized spacial score (nSPS) is 14.0. The molecule has 3 rings (SSSR count). The summed E-state index contributed by atoms with van der Waals surface area (Å²) in [4.78, 5) is 36.8. The average molecular weight is 368 g/mol. The number of amides is 3. The fourth-order valence-corrected chi connectivity index (χ4v) is 3.50. The van der Waals surface area contributed by atoms with Crippen molar-refractivity contribution in [2.75, 3.05) is 11.1 Å². The number of anilines is 1. The molecule has 0 aliphatic carbocycles. The van der Waals surface area contributed by atoms with Gasteiger partial charge in [0.05, 0.1) is 18.7 Å². The molecular weight excluding hydrogens is 348 g/mol. The number of nitrogens with zero attached hydrogens (tertiary/aromatic N) is 1. The molecular formula is C20H20N2O3S. The molecule has 0 unspecified atom stereocenters. The third-order valence-corrected chi connectivity index (χ3v) is 5.13. The number of imide groups is 1. The maximum absolute atomic E-state index is 12.3. The van der Waals surface area contributed by atoms with E-state index < -0.39 is 0 Å². The molecule has 1 saturated heterocycles. The SMILES string of the molecule is Cc1ccc(C)c(CC(=O)Nc2ccc(CN3C(=O)CSC3=O)cc2)c1. The molecule has 1 fully saturated rings. The van der Waals surface area contributed by atoms with Crippen LogP contribution in [0.4, 0.5) is 10.5 Å². The molecule has 0 aromatic heterocycles. The monoisotopic (exact) mass is 368 g/mol. The van der Waals surface area contributed by atoms with Gasteiger partial charge in [0.25, 0.3) is 5.24 Å². The second-order valence-electron chi connectivity index (χ2n) is 6.39. The van der Waals surface area contributed by atoms with Crippen LogP contribution in [0.15, 0.2) is 42.5 Å². The van der Waals surface area contributed by atoms with Crippen molar-refractivity contribution in [1.82, 2.24) is 4.90 Å². The fourth-order valence-electron chi connectivity index (χ4n) is 2.78. The summed E-state index contributed by atoms with van der Waals surface area (Å²) in [5.74, 6) is -0.0237. The van der Waals surface area contributed by atoms with Gasteiger partial charge in [-0.3, -0.25) is 19.3 Å². The molecule has 3 amide bonds. The molecule has 6 heteroatoms. The molecule has 5 nitrogen and oxygen atoms in total. The number of thioether (sulfide) groups is 1. The molecule has 134 valence electrons. The van der Waals surface area contributed by atoms with Crippen LogP contribution in [0.2, 0.25) is 0 Å². The Morgan fingerprint density at radius 2 is 1.85 bits per heavy atom. The van der Waals surface area contributed by atoms with Gasteiger partial charge in [0, 0.05) is 5.69 Å². The summed E-state index contributed by atoms with van der Waals surface area (Å²) in [6.07, 6.45) is 0.323. The third-order valence-electron chi connectivity index (χ3n) is 4.27. The molecule has 0 saturated carbocycles. The second kappa shape index (κ2) is 7.74. The molecule has 1 N–H and O–H groups in total. The number of rotatable bonds is 5. The van der Waals surface area contributed by atoms with E-state index in [1.807, 2.05) is 44.2 Å². The number of hydrogen-bond acceptors (Lipinski definition) is 4. The standard InChI is InChI=1S/C20H20N2O3S/c1-13-3-4-14(2)16(9-13)10-18(23)21-17-7-5-15(6-8-17)11-22-19(24)12-26-20(22)25/h3-9H,10-12H2,1-2H3,(H,21,23). The minimum Gasteiger partial charge on any atom is -0.326 e. The maximum atomic E-state index is 12.3. The first-order valence-corrected chi connectivity index (χ1v) is 9.33. The molecule has 0 radical (unpaired) electrons. The van der Waals surface area contributed by atoms with Crippen molar-refractivity contribution in [3.05, 3.63) is 64.7 Å². The van der Waals surface area contributed by atoms with Crippen molar-refractivity contribution in [1.29, 1.82) is 0 Å². The summed E-state index contributed by atoms with van der Waals surface area (Å²) in [5.41, 5.74) is 4.78. The third kappa shape index (κ3) is 4.32. The highest BCUT2D eigenvalue weighted by Gasteiger charge is 2.29. The topological polar surface area (TPSA) is 66.5 Å². The largest absolute Gasteiger partial charge is 0.326 e. The molecule has 2 aromatic rings. The highest BCUT2D eigenvalue weighted by atomic mass is 32.2. The Morgan fingerprint density at radius 3 is 2.50 bits per heavy atom. The minimum absolute atomic E-state index is 0.0762. The summed E-state index contributed by atoms with van der Waals surface area (Å²) in [7, 11) is 0.